The van der Waals surface area contributed by atoms with Crippen LogP contribution in [0.4, 0.5) is 0 Å². The van der Waals surface area contributed by atoms with Crippen LogP contribution < -0.4 is 0 Å². The number of fused-ring (bicyclic) bond motifs is 1. The molecule has 0 aliphatic heterocycles. The molecule has 3 rings (SSSR count). The molecule has 1 fully saturated rings. The molecule has 1 heterocycles. The Morgan fingerprint density at radius 2 is 2.05 bits per heavy atom. The van der Waals surface area contributed by atoms with E-state index in [-0.39, 0.29) is 5.38 Å². The minimum absolute atomic E-state index is 0.237. The molecule has 1 nitrogen and oxygen atoms in total. The quantitative estimate of drug-likeness (QED) is 0.686. The number of para-hydroxylation sites is 1. The fourth-order valence-electron chi connectivity index (χ4n) is 3.34. The molecule has 1 aromatic heterocycles. The van der Waals surface area contributed by atoms with Gasteiger partial charge in [-0.05, 0) is 36.8 Å². The Bertz CT molecular complexity index is 524. The fourth-order valence-corrected chi connectivity index (χ4v) is 4.97. The maximum atomic E-state index is 6.77. The topological polar surface area (TPSA) is 12.9 Å². The van der Waals surface area contributed by atoms with E-state index in [0.29, 0.717) is 5.41 Å². The molecule has 1 aromatic carbocycles. The van der Waals surface area contributed by atoms with Gasteiger partial charge < -0.3 is 0 Å². The Kier molecular flexibility index (Phi) is 3.81. The maximum Gasteiger partial charge on any atom is 0.0953 e. The van der Waals surface area contributed by atoms with Gasteiger partial charge in [0.25, 0.3) is 0 Å². The van der Waals surface area contributed by atoms with E-state index in [2.05, 4.69) is 31.2 Å². The van der Waals surface area contributed by atoms with Crippen LogP contribution in [0.5, 0.6) is 0 Å². The van der Waals surface area contributed by atoms with E-state index in [1.165, 1.54) is 41.8 Å². The lowest BCUT2D eigenvalue weighted by Gasteiger charge is -2.32. The molecule has 0 amide bonds. The fraction of sp³-hybridized carbons (Fsp3) is 0.562. The number of halogens is 1. The second-order valence-corrected chi connectivity index (χ2v) is 7.31. The highest BCUT2D eigenvalue weighted by Crippen LogP contribution is 2.47. The minimum atomic E-state index is 0.237. The zero-order chi connectivity index (χ0) is 13.3. The van der Waals surface area contributed by atoms with Crippen molar-refractivity contribution in [3.05, 3.63) is 29.3 Å². The Hall–Kier alpha value is -0.600. The van der Waals surface area contributed by atoms with Crippen LogP contribution in [0.3, 0.4) is 0 Å². The highest BCUT2D eigenvalue weighted by atomic mass is 35.5. The van der Waals surface area contributed by atoms with Crippen LogP contribution in [0.1, 0.15) is 44.0 Å². The van der Waals surface area contributed by atoms with Crippen molar-refractivity contribution in [2.75, 3.05) is 0 Å². The molecule has 1 aliphatic carbocycles. The van der Waals surface area contributed by atoms with Crippen molar-refractivity contribution in [3.8, 4) is 0 Å². The third kappa shape index (κ3) is 2.53. The number of benzene rings is 1. The first-order valence-electron chi connectivity index (χ1n) is 7.22. The second-order valence-electron chi connectivity index (χ2n) is 5.67. The Morgan fingerprint density at radius 1 is 1.32 bits per heavy atom. The van der Waals surface area contributed by atoms with Gasteiger partial charge in [-0.3, -0.25) is 0 Å². The molecular formula is C16H20ClNS. The third-order valence-electron chi connectivity index (χ3n) is 4.66. The summed E-state index contributed by atoms with van der Waals surface area (Å²) < 4.78 is 1.28. The highest BCUT2D eigenvalue weighted by molar-refractivity contribution is 7.18. The molecule has 19 heavy (non-hydrogen) atoms. The number of rotatable bonds is 4. The van der Waals surface area contributed by atoms with E-state index in [1.54, 1.807) is 11.3 Å². The van der Waals surface area contributed by atoms with Crippen molar-refractivity contribution in [2.45, 2.75) is 50.8 Å². The lowest BCUT2D eigenvalue weighted by atomic mass is 9.79. The van der Waals surface area contributed by atoms with Gasteiger partial charge in [-0.15, -0.1) is 22.9 Å². The number of thiazole rings is 1. The van der Waals surface area contributed by atoms with Gasteiger partial charge >= 0.3 is 0 Å². The SMILES string of the molecule is CCC1(C(Cl)Cc2nc3ccccc3s2)CCCC1. The molecule has 1 aliphatic rings. The highest BCUT2D eigenvalue weighted by Gasteiger charge is 2.39. The molecule has 1 unspecified atom stereocenters. The molecule has 102 valence electrons. The van der Waals surface area contributed by atoms with Crippen LogP contribution >= 0.6 is 22.9 Å². The normalized spacial score (nSPS) is 19.9. The van der Waals surface area contributed by atoms with Gasteiger partial charge in [0.1, 0.15) is 0 Å². The van der Waals surface area contributed by atoms with Crippen molar-refractivity contribution in [1.82, 2.24) is 4.98 Å². The first-order valence-corrected chi connectivity index (χ1v) is 8.47. The molecule has 0 bridgehead atoms. The zero-order valence-electron chi connectivity index (χ0n) is 11.4. The van der Waals surface area contributed by atoms with Crippen molar-refractivity contribution < 1.29 is 0 Å². The van der Waals surface area contributed by atoms with Gasteiger partial charge in [0.15, 0.2) is 0 Å². The number of alkyl halides is 1. The van der Waals surface area contributed by atoms with E-state index in [4.69, 9.17) is 16.6 Å². The molecule has 2 aromatic rings. The Morgan fingerprint density at radius 3 is 2.74 bits per heavy atom. The van der Waals surface area contributed by atoms with Gasteiger partial charge in [-0.1, -0.05) is 31.9 Å². The van der Waals surface area contributed by atoms with E-state index < -0.39 is 0 Å². The summed E-state index contributed by atoms with van der Waals surface area (Å²) in [5.74, 6) is 0. The van der Waals surface area contributed by atoms with Gasteiger partial charge in [0.2, 0.25) is 0 Å². The Balaban J connectivity index is 1.80. The van der Waals surface area contributed by atoms with Crippen molar-refractivity contribution in [1.29, 1.82) is 0 Å². The first kappa shape index (κ1) is 13.4. The summed E-state index contributed by atoms with van der Waals surface area (Å²) in [7, 11) is 0. The van der Waals surface area contributed by atoms with Crippen molar-refractivity contribution >= 4 is 33.2 Å². The monoisotopic (exact) mass is 293 g/mol. The summed E-state index contributed by atoms with van der Waals surface area (Å²) in [6, 6.07) is 8.36. The van der Waals surface area contributed by atoms with Gasteiger partial charge in [-0.25, -0.2) is 4.98 Å². The van der Waals surface area contributed by atoms with E-state index in [9.17, 15) is 0 Å². The summed E-state index contributed by atoms with van der Waals surface area (Å²) in [5.41, 5.74) is 1.47. The average molecular weight is 294 g/mol. The minimum Gasteiger partial charge on any atom is -0.241 e. The summed E-state index contributed by atoms with van der Waals surface area (Å²) in [5, 5.41) is 1.43. The molecule has 0 spiro atoms. The summed E-state index contributed by atoms with van der Waals surface area (Å²) in [4.78, 5) is 4.72. The smallest absolute Gasteiger partial charge is 0.0953 e. The molecular weight excluding hydrogens is 274 g/mol. The summed E-state index contributed by atoms with van der Waals surface area (Å²) >= 11 is 8.57. The number of hydrogen-bond donors (Lipinski definition) is 0. The van der Waals surface area contributed by atoms with Crippen molar-refractivity contribution in [2.24, 2.45) is 5.41 Å². The molecule has 0 radical (unpaired) electrons. The van der Waals surface area contributed by atoms with Crippen LogP contribution in [-0.2, 0) is 6.42 Å². The molecule has 0 N–H and O–H groups in total. The first-order chi connectivity index (χ1) is 9.23. The number of aromatic nitrogens is 1. The van der Waals surface area contributed by atoms with E-state index in [0.717, 1.165) is 11.9 Å². The predicted molar refractivity (Wildman–Crippen MR) is 84.2 cm³/mol. The zero-order valence-corrected chi connectivity index (χ0v) is 12.9. The summed E-state index contributed by atoms with van der Waals surface area (Å²) in [6.07, 6.45) is 7.40. The van der Waals surface area contributed by atoms with Crippen LogP contribution in [0, 0.1) is 5.41 Å². The number of nitrogens with zero attached hydrogens (tertiary/aromatic N) is 1. The lowest BCUT2D eigenvalue weighted by molar-refractivity contribution is 0.267. The lowest BCUT2D eigenvalue weighted by Crippen LogP contribution is -2.29. The standard InChI is InChI=1S/C16H20ClNS/c1-2-16(9-5-6-10-16)14(17)11-15-18-12-7-3-4-8-13(12)19-15/h3-4,7-8,14H,2,5-6,9-11H2,1H3. The summed E-state index contributed by atoms with van der Waals surface area (Å²) in [6.45, 7) is 2.29. The second kappa shape index (κ2) is 5.41. The van der Waals surface area contributed by atoms with E-state index >= 15 is 0 Å². The maximum absolute atomic E-state index is 6.77. The van der Waals surface area contributed by atoms with Gasteiger partial charge in [0.05, 0.1) is 15.2 Å². The van der Waals surface area contributed by atoms with Crippen molar-refractivity contribution in [3.63, 3.8) is 0 Å². The van der Waals surface area contributed by atoms with Gasteiger partial charge in [0, 0.05) is 11.8 Å². The van der Waals surface area contributed by atoms with Gasteiger partial charge in [-0.2, -0.15) is 0 Å². The molecule has 0 saturated heterocycles. The average Bonchev–Trinajstić information content (AvgIpc) is 3.05. The predicted octanol–water partition coefficient (Wildman–Crippen LogP) is 5.42. The van der Waals surface area contributed by atoms with Crippen LogP contribution in [0.25, 0.3) is 10.2 Å². The number of hydrogen-bond acceptors (Lipinski definition) is 2. The van der Waals surface area contributed by atoms with Crippen LogP contribution in [0.15, 0.2) is 24.3 Å². The van der Waals surface area contributed by atoms with E-state index in [1.807, 2.05) is 0 Å². The Labute approximate surface area is 124 Å². The molecule has 3 heteroatoms. The molecule has 1 saturated carbocycles. The van der Waals surface area contributed by atoms with Crippen LogP contribution in [-0.4, -0.2) is 10.4 Å². The molecule has 1 atom stereocenters. The van der Waals surface area contributed by atoms with Crippen LogP contribution in [0.2, 0.25) is 0 Å². The third-order valence-corrected chi connectivity index (χ3v) is 6.34. The largest absolute Gasteiger partial charge is 0.241 e.